The van der Waals surface area contributed by atoms with Gasteiger partial charge in [-0.2, -0.15) is 5.10 Å². The van der Waals surface area contributed by atoms with Crippen LogP contribution >= 0.6 is 0 Å². The minimum absolute atomic E-state index is 0.0678. The minimum Gasteiger partial charge on any atom is -0.294 e. The molecule has 0 aliphatic heterocycles. The van der Waals surface area contributed by atoms with Gasteiger partial charge in [0.15, 0.2) is 11.6 Å². The molecule has 92 valence electrons. The lowest BCUT2D eigenvalue weighted by molar-refractivity contribution is 0.0889. The zero-order valence-electron chi connectivity index (χ0n) is 9.76. The van der Waals surface area contributed by atoms with Crippen LogP contribution in [0.25, 0.3) is 0 Å². The molecular formula is C13H11FN2O2. The van der Waals surface area contributed by atoms with Gasteiger partial charge in [-0.3, -0.25) is 14.3 Å². The normalized spacial score (nSPS) is 10.3. The van der Waals surface area contributed by atoms with Gasteiger partial charge < -0.3 is 0 Å². The Labute approximate surface area is 103 Å². The maximum absolute atomic E-state index is 13.3. The molecule has 0 N–H and O–H groups in total. The summed E-state index contributed by atoms with van der Waals surface area (Å²) in [5.74, 6) is -1.57. The van der Waals surface area contributed by atoms with Gasteiger partial charge >= 0.3 is 0 Å². The Balaban J connectivity index is 2.13. The van der Waals surface area contributed by atoms with Crippen molar-refractivity contribution < 1.29 is 14.0 Å². The Hall–Kier alpha value is -2.30. The summed E-state index contributed by atoms with van der Waals surface area (Å²) >= 11 is 0. The number of Topliss-reactive ketones (excluding diaryl/α,β-unsaturated/α-hetero) is 2. The van der Waals surface area contributed by atoms with Crippen LogP contribution in [0.2, 0.25) is 0 Å². The monoisotopic (exact) mass is 246 g/mol. The Morgan fingerprint density at radius 2 is 1.94 bits per heavy atom. The first kappa shape index (κ1) is 12.2. The van der Waals surface area contributed by atoms with Gasteiger partial charge in [0.1, 0.15) is 11.5 Å². The predicted octanol–water partition coefficient (Wildman–Crippen LogP) is 2.01. The molecule has 2 rings (SSSR count). The van der Waals surface area contributed by atoms with Crippen LogP contribution in [0.5, 0.6) is 0 Å². The van der Waals surface area contributed by atoms with Crippen LogP contribution in [-0.2, 0) is 7.05 Å². The van der Waals surface area contributed by atoms with Crippen LogP contribution in [0, 0.1) is 5.82 Å². The van der Waals surface area contributed by atoms with Crippen molar-refractivity contribution in [1.29, 1.82) is 0 Å². The molecule has 1 aromatic heterocycles. The third-order valence-corrected chi connectivity index (χ3v) is 2.49. The van der Waals surface area contributed by atoms with Gasteiger partial charge in [0.2, 0.25) is 0 Å². The first-order valence-electron chi connectivity index (χ1n) is 5.38. The van der Waals surface area contributed by atoms with Crippen molar-refractivity contribution in [2.45, 2.75) is 6.42 Å². The van der Waals surface area contributed by atoms with Crippen molar-refractivity contribution in [1.82, 2.24) is 9.78 Å². The van der Waals surface area contributed by atoms with E-state index >= 15 is 0 Å². The molecule has 0 bridgehead atoms. The molecule has 0 fully saturated rings. The molecule has 18 heavy (non-hydrogen) atoms. The van der Waals surface area contributed by atoms with Gasteiger partial charge in [-0.1, -0.05) is 12.1 Å². The van der Waals surface area contributed by atoms with E-state index in [1.807, 2.05) is 0 Å². The second-order valence-electron chi connectivity index (χ2n) is 3.88. The molecule has 1 aromatic carbocycles. The number of ketones is 2. The number of aryl methyl sites for hydroxylation is 1. The van der Waals surface area contributed by atoms with Crippen LogP contribution in [0.4, 0.5) is 4.39 Å². The van der Waals surface area contributed by atoms with E-state index < -0.39 is 17.4 Å². The fourth-order valence-corrected chi connectivity index (χ4v) is 1.58. The summed E-state index contributed by atoms with van der Waals surface area (Å²) in [6, 6.07) is 7.13. The highest BCUT2D eigenvalue weighted by Gasteiger charge is 2.17. The van der Waals surface area contributed by atoms with Crippen molar-refractivity contribution in [3.05, 3.63) is 53.6 Å². The number of aromatic nitrogens is 2. The van der Waals surface area contributed by atoms with Crippen molar-refractivity contribution in [2.75, 3.05) is 0 Å². The number of carbonyl (C=O) groups is 2. The second-order valence-corrected chi connectivity index (χ2v) is 3.88. The topological polar surface area (TPSA) is 52.0 Å². The third kappa shape index (κ3) is 2.51. The van der Waals surface area contributed by atoms with E-state index in [1.54, 1.807) is 19.3 Å². The Kier molecular flexibility index (Phi) is 3.32. The first-order chi connectivity index (χ1) is 8.58. The van der Waals surface area contributed by atoms with E-state index in [-0.39, 0.29) is 17.7 Å². The van der Waals surface area contributed by atoms with Crippen molar-refractivity contribution in [2.24, 2.45) is 7.05 Å². The number of hydrogen-bond acceptors (Lipinski definition) is 3. The molecule has 0 aliphatic rings. The van der Waals surface area contributed by atoms with Gasteiger partial charge in [0.05, 0.1) is 12.0 Å². The van der Waals surface area contributed by atoms with Crippen molar-refractivity contribution in [3.8, 4) is 0 Å². The fourth-order valence-electron chi connectivity index (χ4n) is 1.58. The van der Waals surface area contributed by atoms with Gasteiger partial charge in [-0.25, -0.2) is 4.39 Å². The molecule has 0 atom stereocenters. The molecule has 1 heterocycles. The lowest BCUT2D eigenvalue weighted by Crippen LogP contribution is -2.11. The smallest absolute Gasteiger partial charge is 0.190 e. The Morgan fingerprint density at radius 1 is 1.22 bits per heavy atom. The van der Waals surface area contributed by atoms with Crippen LogP contribution < -0.4 is 0 Å². The number of hydrogen-bond donors (Lipinski definition) is 0. The first-order valence-corrected chi connectivity index (χ1v) is 5.38. The molecule has 4 nitrogen and oxygen atoms in total. The van der Waals surface area contributed by atoms with Crippen molar-refractivity contribution in [3.63, 3.8) is 0 Å². The number of nitrogens with zero attached hydrogens (tertiary/aromatic N) is 2. The largest absolute Gasteiger partial charge is 0.294 e. The van der Waals surface area contributed by atoms with E-state index in [9.17, 15) is 14.0 Å². The second kappa shape index (κ2) is 4.91. The number of halogens is 1. The van der Waals surface area contributed by atoms with Crippen molar-refractivity contribution >= 4 is 11.6 Å². The molecular weight excluding hydrogens is 235 g/mol. The Morgan fingerprint density at radius 3 is 2.56 bits per heavy atom. The van der Waals surface area contributed by atoms with Gasteiger partial charge in [-0.05, 0) is 18.2 Å². The van der Waals surface area contributed by atoms with E-state index in [0.717, 1.165) is 0 Å². The quantitative estimate of drug-likeness (QED) is 0.612. The van der Waals surface area contributed by atoms with Crippen LogP contribution in [0.1, 0.15) is 27.3 Å². The van der Waals surface area contributed by atoms with E-state index in [1.165, 1.54) is 28.9 Å². The van der Waals surface area contributed by atoms with Crippen LogP contribution in [0.15, 0.2) is 36.5 Å². The summed E-state index contributed by atoms with van der Waals surface area (Å²) in [5, 5.41) is 3.90. The summed E-state index contributed by atoms with van der Waals surface area (Å²) in [4.78, 5) is 23.5. The molecule has 2 aromatic rings. The predicted molar refractivity (Wildman–Crippen MR) is 62.9 cm³/mol. The lowest BCUT2D eigenvalue weighted by Gasteiger charge is -2.00. The SMILES string of the molecule is Cn1ccc(C(=O)CC(=O)c2ccccc2F)n1. The fraction of sp³-hybridized carbons (Fsp3) is 0.154. The molecule has 0 saturated heterocycles. The summed E-state index contributed by atoms with van der Waals surface area (Å²) < 4.78 is 14.8. The van der Waals surface area contributed by atoms with Gasteiger partial charge in [0.25, 0.3) is 0 Å². The number of rotatable bonds is 4. The average Bonchev–Trinajstić information content (AvgIpc) is 2.76. The van der Waals surface area contributed by atoms with Crippen LogP contribution in [-0.4, -0.2) is 21.3 Å². The molecule has 5 heteroatoms. The highest BCUT2D eigenvalue weighted by atomic mass is 19.1. The molecule has 0 radical (unpaired) electrons. The highest BCUT2D eigenvalue weighted by molar-refractivity contribution is 6.12. The maximum Gasteiger partial charge on any atom is 0.190 e. The number of carbonyl (C=O) groups excluding carboxylic acids is 2. The summed E-state index contributed by atoms with van der Waals surface area (Å²) in [7, 11) is 1.68. The molecule has 0 amide bonds. The molecule has 0 unspecified atom stereocenters. The third-order valence-electron chi connectivity index (χ3n) is 2.49. The van der Waals surface area contributed by atoms with E-state index in [4.69, 9.17) is 0 Å². The van der Waals surface area contributed by atoms with E-state index in [2.05, 4.69) is 5.10 Å². The minimum atomic E-state index is -0.615. The summed E-state index contributed by atoms with van der Waals surface area (Å²) in [6.45, 7) is 0. The van der Waals surface area contributed by atoms with Crippen LogP contribution in [0.3, 0.4) is 0 Å². The average molecular weight is 246 g/mol. The lowest BCUT2D eigenvalue weighted by atomic mass is 10.0. The van der Waals surface area contributed by atoms with Gasteiger partial charge in [-0.15, -0.1) is 0 Å². The van der Waals surface area contributed by atoms with Gasteiger partial charge in [0, 0.05) is 13.2 Å². The Bertz CT molecular complexity index is 605. The maximum atomic E-state index is 13.3. The molecule has 0 saturated carbocycles. The molecule has 0 aliphatic carbocycles. The molecule has 0 spiro atoms. The summed E-state index contributed by atoms with van der Waals surface area (Å²) in [6.07, 6.45) is 1.23. The highest BCUT2D eigenvalue weighted by Crippen LogP contribution is 2.11. The number of benzene rings is 1. The standard InChI is InChI=1S/C13H11FN2O2/c1-16-7-6-11(15-16)13(18)8-12(17)9-4-2-3-5-10(9)14/h2-7H,8H2,1H3. The zero-order chi connectivity index (χ0) is 13.1. The zero-order valence-corrected chi connectivity index (χ0v) is 9.76. The summed E-state index contributed by atoms with van der Waals surface area (Å²) in [5.41, 5.74) is 0.143. The van der Waals surface area contributed by atoms with E-state index in [0.29, 0.717) is 0 Å².